The lowest BCUT2D eigenvalue weighted by Gasteiger charge is -2.32. The second kappa shape index (κ2) is 9.01. The minimum atomic E-state index is -3.22. The van der Waals surface area contributed by atoms with Crippen LogP contribution in [-0.2, 0) is 22.9 Å². The van der Waals surface area contributed by atoms with Gasteiger partial charge in [-0.25, -0.2) is 13.1 Å². The predicted octanol–water partition coefficient (Wildman–Crippen LogP) is 3.52. The van der Waals surface area contributed by atoms with E-state index < -0.39 is 10.0 Å². The molecule has 2 atom stereocenters. The van der Waals surface area contributed by atoms with Gasteiger partial charge in [0.2, 0.25) is 10.0 Å². The Morgan fingerprint density at radius 2 is 1.96 bits per heavy atom. The predicted molar refractivity (Wildman–Crippen MR) is 114 cm³/mol. The molecule has 0 unspecified atom stereocenters. The van der Waals surface area contributed by atoms with Gasteiger partial charge in [0, 0.05) is 18.5 Å². The molecular weight excluding hydrogens is 419 g/mol. The second-order valence-electron chi connectivity index (χ2n) is 7.14. The molecule has 1 aliphatic carbocycles. The standard InChI is InChI=1S/C20H24Cl2N2O3S/c1-28(25,26)24-8-9-27-15-5-3-14-4-7-20(23)17(16(14)12-15)10-13-2-6-18(21)19(22)11-13/h2-3,5-6,11-12,17,20,24H,4,7-10,23H2,1H3/t17-,20+/m1/s1. The average Bonchev–Trinajstić information content (AvgIpc) is 2.63. The normalized spacial score (nSPS) is 19.3. The fraction of sp³-hybridized carbons (Fsp3) is 0.400. The van der Waals surface area contributed by atoms with Crippen molar-refractivity contribution in [2.45, 2.75) is 31.2 Å². The van der Waals surface area contributed by atoms with Gasteiger partial charge < -0.3 is 10.5 Å². The van der Waals surface area contributed by atoms with Gasteiger partial charge >= 0.3 is 0 Å². The summed E-state index contributed by atoms with van der Waals surface area (Å²) in [6.07, 6.45) is 3.76. The first-order valence-corrected chi connectivity index (χ1v) is 11.8. The third-order valence-electron chi connectivity index (χ3n) is 4.96. The minimum Gasteiger partial charge on any atom is -0.492 e. The molecule has 2 aromatic rings. The molecule has 0 saturated carbocycles. The molecule has 8 heteroatoms. The van der Waals surface area contributed by atoms with Crippen molar-refractivity contribution in [3.8, 4) is 5.75 Å². The number of hydrogen-bond donors (Lipinski definition) is 2. The van der Waals surface area contributed by atoms with Crippen molar-refractivity contribution in [3.05, 3.63) is 63.1 Å². The molecule has 0 fully saturated rings. The summed E-state index contributed by atoms with van der Waals surface area (Å²) in [5.41, 5.74) is 9.99. The van der Waals surface area contributed by atoms with E-state index in [1.165, 1.54) is 11.1 Å². The van der Waals surface area contributed by atoms with Crippen LogP contribution >= 0.6 is 23.2 Å². The van der Waals surface area contributed by atoms with E-state index >= 15 is 0 Å². The Labute approximate surface area is 176 Å². The fourth-order valence-electron chi connectivity index (χ4n) is 3.57. The van der Waals surface area contributed by atoms with Gasteiger partial charge in [-0.05, 0) is 60.2 Å². The molecule has 0 bridgehead atoms. The first kappa shape index (κ1) is 21.4. The third-order valence-corrected chi connectivity index (χ3v) is 6.42. The van der Waals surface area contributed by atoms with Crippen molar-refractivity contribution in [1.82, 2.24) is 4.72 Å². The molecule has 5 nitrogen and oxygen atoms in total. The Balaban J connectivity index is 1.75. The van der Waals surface area contributed by atoms with Crippen molar-refractivity contribution < 1.29 is 13.2 Å². The van der Waals surface area contributed by atoms with E-state index in [1.54, 1.807) is 0 Å². The maximum absolute atomic E-state index is 11.1. The van der Waals surface area contributed by atoms with Crippen LogP contribution in [0.25, 0.3) is 0 Å². The van der Waals surface area contributed by atoms with Crippen molar-refractivity contribution >= 4 is 33.2 Å². The molecule has 3 rings (SSSR count). The van der Waals surface area contributed by atoms with Gasteiger partial charge in [0.25, 0.3) is 0 Å². The number of hydrogen-bond acceptors (Lipinski definition) is 4. The number of fused-ring (bicyclic) bond motifs is 1. The second-order valence-corrected chi connectivity index (χ2v) is 9.78. The van der Waals surface area contributed by atoms with Gasteiger partial charge in [-0.1, -0.05) is 35.3 Å². The average molecular weight is 443 g/mol. The summed E-state index contributed by atoms with van der Waals surface area (Å²) in [6, 6.07) is 11.7. The van der Waals surface area contributed by atoms with Gasteiger partial charge in [0.15, 0.2) is 0 Å². The molecule has 0 radical (unpaired) electrons. The molecule has 2 aromatic carbocycles. The van der Waals surface area contributed by atoms with Crippen LogP contribution in [0.3, 0.4) is 0 Å². The molecule has 0 amide bonds. The molecule has 1 aliphatic rings. The van der Waals surface area contributed by atoms with Crippen LogP contribution < -0.4 is 15.2 Å². The minimum absolute atomic E-state index is 0.0455. The van der Waals surface area contributed by atoms with E-state index in [1.807, 2.05) is 30.3 Å². The number of sulfonamides is 1. The van der Waals surface area contributed by atoms with Crippen molar-refractivity contribution in [2.24, 2.45) is 5.73 Å². The zero-order valence-corrected chi connectivity index (χ0v) is 17.9. The SMILES string of the molecule is CS(=O)(=O)NCCOc1ccc2c(c1)[C@@H](Cc1ccc(Cl)c(Cl)c1)[C@@H](N)CC2. The highest BCUT2D eigenvalue weighted by Gasteiger charge is 2.27. The lowest BCUT2D eigenvalue weighted by molar-refractivity contribution is 0.321. The monoisotopic (exact) mass is 442 g/mol. The Bertz CT molecular complexity index is 950. The van der Waals surface area contributed by atoms with Crippen molar-refractivity contribution in [2.75, 3.05) is 19.4 Å². The topological polar surface area (TPSA) is 81.4 Å². The van der Waals surface area contributed by atoms with E-state index in [4.69, 9.17) is 33.7 Å². The number of halogens is 2. The number of benzene rings is 2. The molecular formula is C20H24Cl2N2O3S. The van der Waals surface area contributed by atoms with E-state index in [2.05, 4.69) is 10.8 Å². The zero-order chi connectivity index (χ0) is 20.3. The number of rotatable bonds is 7. The lowest BCUT2D eigenvalue weighted by Crippen LogP contribution is -2.34. The number of nitrogens with two attached hydrogens (primary N) is 1. The van der Waals surface area contributed by atoms with Gasteiger partial charge in [-0.15, -0.1) is 0 Å². The summed E-state index contributed by atoms with van der Waals surface area (Å²) in [5, 5.41) is 1.08. The first-order chi connectivity index (χ1) is 13.2. The highest BCUT2D eigenvalue weighted by atomic mass is 35.5. The Kier molecular flexibility index (Phi) is 6.89. The molecule has 152 valence electrons. The highest BCUT2D eigenvalue weighted by molar-refractivity contribution is 7.88. The number of aryl methyl sites for hydroxylation is 1. The van der Waals surface area contributed by atoms with Crippen LogP contribution in [0.15, 0.2) is 36.4 Å². The highest BCUT2D eigenvalue weighted by Crippen LogP contribution is 2.36. The molecule has 0 saturated heterocycles. The number of ether oxygens (including phenoxy) is 1. The maximum Gasteiger partial charge on any atom is 0.208 e. The summed E-state index contributed by atoms with van der Waals surface area (Å²) in [6.45, 7) is 0.484. The fourth-order valence-corrected chi connectivity index (χ4v) is 4.34. The van der Waals surface area contributed by atoms with Crippen molar-refractivity contribution in [1.29, 1.82) is 0 Å². The van der Waals surface area contributed by atoms with Crippen LogP contribution in [0.5, 0.6) is 5.75 Å². The van der Waals surface area contributed by atoms with E-state index in [0.29, 0.717) is 15.8 Å². The summed E-state index contributed by atoms with van der Waals surface area (Å²) < 4.78 is 30.4. The van der Waals surface area contributed by atoms with Gasteiger partial charge in [0.05, 0.1) is 16.3 Å². The molecule has 0 aromatic heterocycles. The van der Waals surface area contributed by atoms with E-state index in [0.717, 1.165) is 31.1 Å². The molecule has 0 spiro atoms. The van der Waals surface area contributed by atoms with Crippen LogP contribution in [0, 0.1) is 0 Å². The molecule has 0 aliphatic heterocycles. The van der Waals surface area contributed by atoms with Crippen LogP contribution in [0.4, 0.5) is 0 Å². The summed E-state index contributed by atoms with van der Waals surface area (Å²) in [5.74, 6) is 0.862. The Morgan fingerprint density at radius 1 is 1.18 bits per heavy atom. The van der Waals surface area contributed by atoms with Crippen LogP contribution in [-0.4, -0.2) is 33.9 Å². The Morgan fingerprint density at radius 3 is 2.68 bits per heavy atom. The first-order valence-electron chi connectivity index (χ1n) is 9.13. The van der Waals surface area contributed by atoms with E-state index in [-0.39, 0.29) is 25.1 Å². The maximum atomic E-state index is 11.1. The summed E-state index contributed by atoms with van der Waals surface area (Å²) in [7, 11) is -3.22. The van der Waals surface area contributed by atoms with Crippen LogP contribution in [0.1, 0.15) is 29.0 Å². The quantitative estimate of drug-likeness (QED) is 0.642. The smallest absolute Gasteiger partial charge is 0.208 e. The third kappa shape index (κ3) is 5.61. The van der Waals surface area contributed by atoms with Gasteiger partial charge in [-0.2, -0.15) is 0 Å². The lowest BCUT2D eigenvalue weighted by atomic mass is 9.76. The molecule has 28 heavy (non-hydrogen) atoms. The molecule has 3 N–H and O–H groups in total. The van der Waals surface area contributed by atoms with Crippen LogP contribution in [0.2, 0.25) is 10.0 Å². The number of nitrogens with one attached hydrogen (secondary N) is 1. The summed E-state index contributed by atoms with van der Waals surface area (Å²) in [4.78, 5) is 0. The Hall–Kier alpha value is -1.31. The van der Waals surface area contributed by atoms with E-state index in [9.17, 15) is 8.42 Å². The summed E-state index contributed by atoms with van der Waals surface area (Å²) >= 11 is 12.2. The largest absolute Gasteiger partial charge is 0.492 e. The molecule has 0 heterocycles. The zero-order valence-electron chi connectivity index (χ0n) is 15.6. The van der Waals surface area contributed by atoms with Gasteiger partial charge in [-0.3, -0.25) is 0 Å². The van der Waals surface area contributed by atoms with Crippen molar-refractivity contribution in [3.63, 3.8) is 0 Å². The van der Waals surface area contributed by atoms with Gasteiger partial charge in [0.1, 0.15) is 12.4 Å².